The van der Waals surface area contributed by atoms with Gasteiger partial charge in [0.1, 0.15) is 0 Å². The minimum Gasteiger partial charge on any atom is -0.223 e. The van der Waals surface area contributed by atoms with Crippen LogP contribution in [-0.4, -0.2) is 13.2 Å². The molecule has 1 atom stereocenters. The van der Waals surface area contributed by atoms with Crippen molar-refractivity contribution in [2.24, 2.45) is 0 Å². The third-order valence-corrected chi connectivity index (χ3v) is 6.47. The van der Waals surface area contributed by atoms with Crippen LogP contribution in [0.3, 0.4) is 0 Å². The molecule has 1 aromatic rings. The average Bonchev–Trinajstić information content (AvgIpc) is 2.36. The fourth-order valence-electron chi connectivity index (χ4n) is 2.05. The van der Waals surface area contributed by atoms with Gasteiger partial charge in [0.25, 0.3) is 0 Å². The van der Waals surface area contributed by atoms with E-state index in [1.165, 1.54) is 0 Å². The highest BCUT2D eigenvalue weighted by Gasteiger charge is 2.37. The van der Waals surface area contributed by atoms with Gasteiger partial charge in [-0.3, -0.25) is 0 Å². The largest absolute Gasteiger partial charge is 0.223 e. The van der Waals surface area contributed by atoms with E-state index in [0.717, 1.165) is 24.8 Å². The Morgan fingerprint density at radius 1 is 1.11 bits per heavy atom. The number of sulfone groups is 1. The Balaban J connectivity index is 3.14. The van der Waals surface area contributed by atoms with Crippen molar-refractivity contribution in [1.29, 1.82) is 0 Å². The molecule has 0 radical (unpaired) electrons. The van der Waals surface area contributed by atoms with Gasteiger partial charge in [-0.25, -0.2) is 8.42 Å². The van der Waals surface area contributed by atoms with E-state index >= 15 is 0 Å². The Hall–Kier alpha value is -0.830. The maximum atomic E-state index is 12.7. The van der Waals surface area contributed by atoms with Crippen LogP contribution in [0.2, 0.25) is 0 Å². The van der Waals surface area contributed by atoms with Crippen LogP contribution in [0, 0.1) is 6.92 Å². The van der Waals surface area contributed by atoms with Gasteiger partial charge in [-0.2, -0.15) is 0 Å². The molecule has 0 N–H and O–H groups in total. The molecule has 2 nitrogen and oxygen atoms in total. The maximum absolute atomic E-state index is 12.7. The lowest BCUT2D eigenvalue weighted by atomic mass is 10.0. The predicted molar refractivity (Wildman–Crippen MR) is 76.6 cm³/mol. The van der Waals surface area contributed by atoms with Crippen molar-refractivity contribution in [3.63, 3.8) is 0 Å². The molecule has 0 saturated heterocycles. The molecule has 0 heterocycles. The molecule has 0 bridgehead atoms. The Morgan fingerprint density at radius 2 is 1.67 bits per heavy atom. The standard InChI is InChI=1S/C15H24O2S/c1-5-7-12-15(4,6-2)18(16,17)14-10-8-13(3)9-11-14/h8-11H,5-7,12H2,1-4H3/t15-/m0/s1. The van der Waals surface area contributed by atoms with Gasteiger partial charge in [-0.1, -0.05) is 44.4 Å². The summed E-state index contributed by atoms with van der Waals surface area (Å²) in [6.45, 7) is 7.89. The molecule has 1 aromatic carbocycles. The van der Waals surface area contributed by atoms with Gasteiger partial charge >= 0.3 is 0 Å². The third kappa shape index (κ3) is 2.94. The lowest BCUT2D eigenvalue weighted by Gasteiger charge is -2.28. The topological polar surface area (TPSA) is 34.1 Å². The molecular weight excluding hydrogens is 244 g/mol. The van der Waals surface area contributed by atoms with Crippen LogP contribution in [0.4, 0.5) is 0 Å². The molecule has 1 rings (SSSR count). The summed E-state index contributed by atoms with van der Waals surface area (Å²) < 4.78 is 24.8. The maximum Gasteiger partial charge on any atom is 0.183 e. The zero-order chi connectivity index (χ0) is 13.8. The SMILES string of the molecule is CCCC[C@](C)(CC)S(=O)(=O)c1ccc(C)cc1. The van der Waals surface area contributed by atoms with Crippen LogP contribution in [0.5, 0.6) is 0 Å². The van der Waals surface area contributed by atoms with Crippen molar-refractivity contribution in [1.82, 2.24) is 0 Å². The summed E-state index contributed by atoms with van der Waals surface area (Å²) >= 11 is 0. The molecule has 102 valence electrons. The number of unbranched alkanes of at least 4 members (excludes halogenated alkanes) is 1. The molecule has 0 spiro atoms. The van der Waals surface area contributed by atoms with Crippen molar-refractivity contribution in [3.05, 3.63) is 29.8 Å². The van der Waals surface area contributed by atoms with E-state index in [9.17, 15) is 8.42 Å². The molecule has 0 aromatic heterocycles. The zero-order valence-corrected chi connectivity index (χ0v) is 12.7. The first-order valence-corrected chi connectivity index (χ1v) is 8.17. The lowest BCUT2D eigenvalue weighted by molar-refractivity contribution is 0.478. The third-order valence-electron chi connectivity index (χ3n) is 3.79. The molecular formula is C15H24O2S. The first-order chi connectivity index (χ1) is 8.37. The summed E-state index contributed by atoms with van der Waals surface area (Å²) in [6.07, 6.45) is 3.37. The van der Waals surface area contributed by atoms with Gasteiger partial charge in [-0.15, -0.1) is 0 Å². The number of aryl methyl sites for hydroxylation is 1. The second-order valence-electron chi connectivity index (χ2n) is 5.22. The second-order valence-corrected chi connectivity index (χ2v) is 7.69. The van der Waals surface area contributed by atoms with E-state index in [-0.39, 0.29) is 0 Å². The van der Waals surface area contributed by atoms with Crippen LogP contribution >= 0.6 is 0 Å². The van der Waals surface area contributed by atoms with Crippen LogP contribution in [0.1, 0.15) is 52.0 Å². The first kappa shape index (κ1) is 15.2. The fraction of sp³-hybridized carbons (Fsp3) is 0.600. The predicted octanol–water partition coefficient (Wildman–Crippen LogP) is 4.13. The van der Waals surface area contributed by atoms with Crippen molar-refractivity contribution in [2.75, 3.05) is 0 Å². The van der Waals surface area contributed by atoms with E-state index < -0.39 is 14.6 Å². The monoisotopic (exact) mass is 268 g/mol. The Kier molecular flexibility index (Phi) is 4.97. The van der Waals surface area contributed by atoms with E-state index in [0.29, 0.717) is 11.3 Å². The van der Waals surface area contributed by atoms with Gasteiger partial charge in [0.15, 0.2) is 9.84 Å². The number of hydrogen-bond acceptors (Lipinski definition) is 2. The molecule has 0 unspecified atom stereocenters. The van der Waals surface area contributed by atoms with Gasteiger partial charge in [-0.05, 0) is 38.8 Å². The highest BCUT2D eigenvalue weighted by atomic mass is 32.2. The van der Waals surface area contributed by atoms with Crippen molar-refractivity contribution >= 4 is 9.84 Å². The molecule has 3 heteroatoms. The Labute approximate surface area is 111 Å². The van der Waals surface area contributed by atoms with Gasteiger partial charge in [0.05, 0.1) is 9.64 Å². The van der Waals surface area contributed by atoms with E-state index in [1.807, 2.05) is 32.9 Å². The normalized spacial score (nSPS) is 15.3. The van der Waals surface area contributed by atoms with E-state index in [2.05, 4.69) is 6.92 Å². The highest BCUT2D eigenvalue weighted by Crippen LogP contribution is 2.33. The van der Waals surface area contributed by atoms with Crippen molar-refractivity contribution < 1.29 is 8.42 Å². The summed E-state index contributed by atoms with van der Waals surface area (Å²) in [4.78, 5) is 0.452. The Morgan fingerprint density at radius 3 is 2.11 bits per heavy atom. The average molecular weight is 268 g/mol. The van der Waals surface area contributed by atoms with E-state index in [4.69, 9.17) is 0 Å². The lowest BCUT2D eigenvalue weighted by Crippen LogP contribution is -2.34. The summed E-state index contributed by atoms with van der Waals surface area (Å²) in [6, 6.07) is 7.18. The second kappa shape index (κ2) is 5.87. The fourth-order valence-corrected chi connectivity index (χ4v) is 3.91. The molecule has 0 aliphatic carbocycles. The number of benzene rings is 1. The highest BCUT2D eigenvalue weighted by molar-refractivity contribution is 7.92. The quantitative estimate of drug-likeness (QED) is 0.777. The van der Waals surface area contributed by atoms with Crippen LogP contribution in [-0.2, 0) is 9.84 Å². The van der Waals surface area contributed by atoms with Crippen LogP contribution < -0.4 is 0 Å². The smallest absolute Gasteiger partial charge is 0.183 e. The minimum atomic E-state index is -3.24. The minimum absolute atomic E-state index is 0.452. The molecule has 0 aliphatic heterocycles. The summed E-state index contributed by atoms with van der Waals surface area (Å²) in [5, 5.41) is 0. The number of hydrogen-bond donors (Lipinski definition) is 0. The van der Waals surface area contributed by atoms with Gasteiger partial charge < -0.3 is 0 Å². The molecule has 0 aliphatic rings. The summed E-state index contributed by atoms with van der Waals surface area (Å²) in [5.41, 5.74) is 1.08. The molecule has 0 amide bonds. The number of rotatable bonds is 6. The first-order valence-electron chi connectivity index (χ1n) is 6.68. The molecule has 0 saturated carbocycles. The van der Waals surface area contributed by atoms with Crippen molar-refractivity contribution in [3.8, 4) is 0 Å². The zero-order valence-electron chi connectivity index (χ0n) is 11.9. The van der Waals surface area contributed by atoms with Gasteiger partial charge in [0.2, 0.25) is 0 Å². The van der Waals surface area contributed by atoms with E-state index in [1.54, 1.807) is 12.1 Å². The van der Waals surface area contributed by atoms with Crippen LogP contribution in [0.15, 0.2) is 29.2 Å². The van der Waals surface area contributed by atoms with Gasteiger partial charge in [0, 0.05) is 0 Å². The Bertz CT molecular complexity index is 474. The van der Waals surface area contributed by atoms with Crippen molar-refractivity contribution in [2.45, 2.75) is 63.0 Å². The molecule has 0 fully saturated rings. The molecule has 18 heavy (non-hydrogen) atoms. The summed E-state index contributed by atoms with van der Waals surface area (Å²) in [7, 11) is -3.24. The summed E-state index contributed by atoms with van der Waals surface area (Å²) in [5.74, 6) is 0. The van der Waals surface area contributed by atoms with Crippen LogP contribution in [0.25, 0.3) is 0 Å².